The molecule has 2 heterocycles. The summed E-state index contributed by atoms with van der Waals surface area (Å²) in [5, 5.41) is 4.82. The lowest BCUT2D eigenvalue weighted by atomic mass is 10.2. The average Bonchev–Trinajstić information content (AvgIpc) is 2.70. The second kappa shape index (κ2) is 8.13. The summed E-state index contributed by atoms with van der Waals surface area (Å²) in [5.74, 6) is -3.05. The standard InChI is InChI=1S/C19H14F2N4O2/c20-14-4-1-5-15(21)17(14)25-18(26)13-6-8-23-16(9-13)19(27)24-11-12-3-2-7-22-10-12/h1-10H,11H2,(H,24,27)(H,25,26). The Bertz CT molecular complexity index is 960. The molecule has 0 saturated heterocycles. The molecule has 0 spiro atoms. The van der Waals surface area contributed by atoms with Crippen molar-refractivity contribution in [3.8, 4) is 0 Å². The summed E-state index contributed by atoms with van der Waals surface area (Å²) in [6.45, 7) is 0.241. The molecule has 2 N–H and O–H groups in total. The fraction of sp³-hybridized carbons (Fsp3) is 0.0526. The summed E-state index contributed by atoms with van der Waals surface area (Å²) in [4.78, 5) is 32.3. The molecule has 0 aliphatic heterocycles. The van der Waals surface area contributed by atoms with Crippen LogP contribution >= 0.6 is 0 Å². The second-order valence-corrected chi connectivity index (χ2v) is 5.52. The molecule has 0 bridgehead atoms. The van der Waals surface area contributed by atoms with Crippen molar-refractivity contribution in [2.75, 3.05) is 5.32 Å². The predicted octanol–water partition coefficient (Wildman–Crippen LogP) is 2.94. The van der Waals surface area contributed by atoms with Crippen molar-refractivity contribution in [1.82, 2.24) is 15.3 Å². The number of aromatic nitrogens is 2. The van der Waals surface area contributed by atoms with E-state index in [-0.39, 0.29) is 17.8 Å². The Morgan fingerprint density at radius 1 is 0.963 bits per heavy atom. The maximum absolute atomic E-state index is 13.7. The van der Waals surface area contributed by atoms with E-state index in [0.29, 0.717) is 0 Å². The van der Waals surface area contributed by atoms with Gasteiger partial charge in [-0.25, -0.2) is 8.78 Å². The van der Waals surface area contributed by atoms with Crippen molar-refractivity contribution in [2.45, 2.75) is 6.54 Å². The summed E-state index contributed by atoms with van der Waals surface area (Å²) in [6, 6.07) is 9.38. The van der Waals surface area contributed by atoms with Crippen LogP contribution in [0.25, 0.3) is 0 Å². The molecule has 0 unspecified atom stereocenters. The van der Waals surface area contributed by atoms with Gasteiger partial charge < -0.3 is 10.6 Å². The average molecular weight is 368 g/mol. The van der Waals surface area contributed by atoms with Crippen LogP contribution in [-0.2, 0) is 6.54 Å². The van der Waals surface area contributed by atoms with Crippen LogP contribution in [0.1, 0.15) is 26.4 Å². The molecule has 0 aliphatic carbocycles. The van der Waals surface area contributed by atoms with E-state index in [9.17, 15) is 18.4 Å². The van der Waals surface area contributed by atoms with E-state index in [2.05, 4.69) is 20.6 Å². The minimum Gasteiger partial charge on any atom is -0.347 e. The quantitative estimate of drug-likeness (QED) is 0.725. The SMILES string of the molecule is O=C(Nc1c(F)cccc1F)c1ccnc(C(=O)NCc2cccnc2)c1. The zero-order valence-corrected chi connectivity index (χ0v) is 13.9. The topological polar surface area (TPSA) is 84.0 Å². The first-order valence-electron chi connectivity index (χ1n) is 7.93. The number of para-hydroxylation sites is 1. The zero-order valence-electron chi connectivity index (χ0n) is 13.9. The Labute approximate surface area is 153 Å². The third-order valence-corrected chi connectivity index (χ3v) is 3.63. The van der Waals surface area contributed by atoms with Crippen molar-refractivity contribution in [3.63, 3.8) is 0 Å². The van der Waals surface area contributed by atoms with Crippen LogP contribution in [0.2, 0.25) is 0 Å². The van der Waals surface area contributed by atoms with E-state index in [4.69, 9.17) is 0 Å². The Hall–Kier alpha value is -3.68. The van der Waals surface area contributed by atoms with E-state index < -0.39 is 29.1 Å². The first kappa shape index (κ1) is 18.1. The summed E-state index contributed by atoms with van der Waals surface area (Å²) >= 11 is 0. The van der Waals surface area contributed by atoms with Crippen molar-refractivity contribution in [1.29, 1.82) is 0 Å². The monoisotopic (exact) mass is 368 g/mol. The van der Waals surface area contributed by atoms with Gasteiger partial charge >= 0.3 is 0 Å². The van der Waals surface area contributed by atoms with E-state index in [1.54, 1.807) is 24.5 Å². The number of halogens is 2. The molecule has 1 aromatic carbocycles. The highest BCUT2D eigenvalue weighted by molar-refractivity contribution is 6.05. The van der Waals surface area contributed by atoms with Crippen molar-refractivity contribution in [3.05, 3.63) is 89.5 Å². The lowest BCUT2D eigenvalue weighted by Crippen LogP contribution is -2.24. The Morgan fingerprint density at radius 2 is 1.74 bits per heavy atom. The number of nitrogens with one attached hydrogen (secondary N) is 2. The molecule has 136 valence electrons. The third kappa shape index (κ3) is 4.49. The maximum atomic E-state index is 13.7. The highest BCUT2D eigenvalue weighted by Gasteiger charge is 2.15. The van der Waals surface area contributed by atoms with Crippen LogP contribution < -0.4 is 10.6 Å². The smallest absolute Gasteiger partial charge is 0.270 e. The van der Waals surface area contributed by atoms with Gasteiger partial charge in [-0.3, -0.25) is 19.6 Å². The number of pyridine rings is 2. The molecule has 3 rings (SSSR count). The van der Waals surface area contributed by atoms with Gasteiger partial charge in [0.1, 0.15) is 23.0 Å². The second-order valence-electron chi connectivity index (χ2n) is 5.52. The van der Waals surface area contributed by atoms with Gasteiger partial charge in [-0.1, -0.05) is 12.1 Å². The first-order chi connectivity index (χ1) is 13.0. The molecule has 6 nitrogen and oxygen atoms in total. The van der Waals surface area contributed by atoms with Crippen LogP contribution in [-0.4, -0.2) is 21.8 Å². The number of carbonyl (C=O) groups is 2. The number of hydrogen-bond acceptors (Lipinski definition) is 4. The van der Waals surface area contributed by atoms with Crippen molar-refractivity contribution in [2.24, 2.45) is 0 Å². The lowest BCUT2D eigenvalue weighted by Gasteiger charge is -2.09. The molecule has 2 aromatic heterocycles. The molecule has 0 saturated carbocycles. The third-order valence-electron chi connectivity index (χ3n) is 3.63. The molecule has 0 atom stereocenters. The van der Waals surface area contributed by atoms with Crippen molar-refractivity contribution < 1.29 is 18.4 Å². The van der Waals surface area contributed by atoms with E-state index in [1.165, 1.54) is 24.4 Å². The maximum Gasteiger partial charge on any atom is 0.270 e. The molecule has 2 amide bonds. The summed E-state index contributed by atoms with van der Waals surface area (Å²) in [5.41, 5.74) is 0.288. The first-order valence-corrected chi connectivity index (χ1v) is 7.93. The van der Waals surface area contributed by atoms with Gasteiger partial charge in [-0.15, -0.1) is 0 Å². The number of benzene rings is 1. The molecule has 0 radical (unpaired) electrons. The highest BCUT2D eigenvalue weighted by Crippen LogP contribution is 2.19. The fourth-order valence-corrected chi connectivity index (χ4v) is 2.27. The van der Waals surface area contributed by atoms with Gasteiger partial charge in [0.2, 0.25) is 0 Å². The number of anilines is 1. The van der Waals surface area contributed by atoms with Crippen LogP contribution in [0.5, 0.6) is 0 Å². The minimum absolute atomic E-state index is 0.000505. The largest absolute Gasteiger partial charge is 0.347 e. The molecule has 0 aliphatic rings. The van der Waals surface area contributed by atoms with Gasteiger partial charge in [0.05, 0.1) is 0 Å². The summed E-state index contributed by atoms with van der Waals surface area (Å²) < 4.78 is 27.3. The number of amides is 2. The normalized spacial score (nSPS) is 10.3. The van der Waals surface area contributed by atoms with Gasteiger partial charge in [-0.05, 0) is 35.9 Å². The number of nitrogens with zero attached hydrogens (tertiary/aromatic N) is 2. The van der Waals surface area contributed by atoms with Crippen LogP contribution in [0.15, 0.2) is 61.1 Å². The van der Waals surface area contributed by atoms with Crippen LogP contribution in [0, 0.1) is 11.6 Å². The van der Waals surface area contributed by atoms with Crippen LogP contribution in [0.3, 0.4) is 0 Å². The Balaban J connectivity index is 1.71. The lowest BCUT2D eigenvalue weighted by molar-refractivity contribution is 0.0946. The molecular weight excluding hydrogens is 354 g/mol. The Morgan fingerprint density at radius 3 is 2.44 bits per heavy atom. The summed E-state index contributed by atoms with van der Waals surface area (Å²) in [6.07, 6.45) is 4.50. The molecule has 3 aromatic rings. The van der Waals surface area contributed by atoms with Gasteiger partial charge in [0.15, 0.2) is 0 Å². The van der Waals surface area contributed by atoms with Gasteiger partial charge in [-0.2, -0.15) is 0 Å². The zero-order chi connectivity index (χ0) is 19.2. The number of hydrogen-bond donors (Lipinski definition) is 2. The highest BCUT2D eigenvalue weighted by atomic mass is 19.1. The molecular formula is C19H14F2N4O2. The molecule has 8 heteroatoms. The Kier molecular flexibility index (Phi) is 5.46. The summed E-state index contributed by atoms with van der Waals surface area (Å²) in [7, 11) is 0. The van der Waals surface area contributed by atoms with E-state index in [1.807, 2.05) is 0 Å². The molecule has 0 fully saturated rings. The number of carbonyl (C=O) groups excluding carboxylic acids is 2. The van der Waals surface area contributed by atoms with E-state index >= 15 is 0 Å². The van der Waals surface area contributed by atoms with Crippen LogP contribution in [0.4, 0.5) is 14.5 Å². The molecule has 27 heavy (non-hydrogen) atoms. The minimum atomic E-state index is -0.896. The van der Waals surface area contributed by atoms with Crippen molar-refractivity contribution >= 4 is 17.5 Å². The van der Waals surface area contributed by atoms with Gasteiger partial charge in [0, 0.05) is 30.7 Å². The van der Waals surface area contributed by atoms with E-state index in [0.717, 1.165) is 17.7 Å². The van der Waals surface area contributed by atoms with Gasteiger partial charge in [0.25, 0.3) is 11.8 Å². The number of rotatable bonds is 5. The fourth-order valence-electron chi connectivity index (χ4n) is 2.27. The predicted molar refractivity (Wildman–Crippen MR) is 94.0 cm³/mol.